The van der Waals surface area contributed by atoms with Gasteiger partial charge in [0.1, 0.15) is 0 Å². The van der Waals surface area contributed by atoms with E-state index in [4.69, 9.17) is 0 Å². The average Bonchev–Trinajstić information content (AvgIpc) is 2.95. The van der Waals surface area contributed by atoms with Crippen molar-refractivity contribution in [3.05, 3.63) is 83.9 Å². The zero-order valence-electron chi connectivity index (χ0n) is 19.1. The van der Waals surface area contributed by atoms with Gasteiger partial charge in [-0.15, -0.1) is 0 Å². The minimum absolute atomic E-state index is 0.0411. The summed E-state index contributed by atoms with van der Waals surface area (Å²) in [5.41, 5.74) is 5.63. The van der Waals surface area contributed by atoms with E-state index in [1.807, 2.05) is 37.5 Å². The van der Waals surface area contributed by atoms with Gasteiger partial charge in [0, 0.05) is 50.8 Å². The third kappa shape index (κ3) is 5.60. The van der Waals surface area contributed by atoms with Crippen molar-refractivity contribution in [2.24, 2.45) is 5.92 Å². The Kier molecular flexibility index (Phi) is 7.28. The normalized spacial score (nSPS) is 17.4. The molecule has 0 bridgehead atoms. The third-order valence-corrected chi connectivity index (χ3v) is 6.10. The van der Waals surface area contributed by atoms with Crippen LogP contribution in [-0.2, 0) is 17.8 Å². The molecule has 1 aliphatic heterocycles. The molecule has 0 unspecified atom stereocenters. The van der Waals surface area contributed by atoms with E-state index in [1.54, 1.807) is 0 Å². The number of rotatable bonds is 7. The molecule has 1 fully saturated rings. The summed E-state index contributed by atoms with van der Waals surface area (Å²) in [7, 11) is 0. The fourth-order valence-electron chi connectivity index (χ4n) is 4.48. The van der Waals surface area contributed by atoms with Gasteiger partial charge >= 0.3 is 0 Å². The Hall–Kier alpha value is -3.05. The summed E-state index contributed by atoms with van der Waals surface area (Å²) in [5.74, 6) is 0.241. The van der Waals surface area contributed by atoms with E-state index in [2.05, 4.69) is 63.1 Å². The van der Waals surface area contributed by atoms with Gasteiger partial charge in [-0.25, -0.2) is 0 Å². The summed E-state index contributed by atoms with van der Waals surface area (Å²) in [6, 6.07) is 18.8. The lowest BCUT2D eigenvalue weighted by Crippen LogP contribution is -2.37. The van der Waals surface area contributed by atoms with Gasteiger partial charge in [-0.2, -0.15) is 0 Å². The van der Waals surface area contributed by atoms with Gasteiger partial charge < -0.3 is 4.90 Å². The lowest BCUT2D eigenvalue weighted by atomic mass is 9.95. The van der Waals surface area contributed by atoms with Crippen LogP contribution in [0.4, 0.5) is 0 Å². The van der Waals surface area contributed by atoms with Crippen LogP contribution in [0, 0.1) is 12.8 Å². The van der Waals surface area contributed by atoms with Crippen molar-refractivity contribution in [3.8, 4) is 11.1 Å². The highest BCUT2D eigenvalue weighted by molar-refractivity contribution is 5.79. The van der Waals surface area contributed by atoms with Crippen LogP contribution in [0.1, 0.15) is 30.3 Å². The smallest absolute Gasteiger partial charge is 0.227 e. The topological polar surface area (TPSA) is 49.3 Å². The van der Waals surface area contributed by atoms with Crippen molar-refractivity contribution < 1.29 is 4.79 Å². The second-order valence-corrected chi connectivity index (χ2v) is 8.66. The molecule has 5 nitrogen and oxygen atoms in total. The summed E-state index contributed by atoms with van der Waals surface area (Å²) < 4.78 is 0. The van der Waals surface area contributed by atoms with Gasteiger partial charge in [-0.3, -0.25) is 19.7 Å². The number of nitrogens with zero attached hydrogens (tertiary/aromatic N) is 4. The molecule has 0 aliphatic carbocycles. The van der Waals surface area contributed by atoms with Crippen LogP contribution in [0.25, 0.3) is 11.1 Å². The molecule has 1 aromatic carbocycles. The number of aryl methyl sites for hydroxylation is 1. The number of aromatic nitrogens is 2. The van der Waals surface area contributed by atoms with E-state index >= 15 is 0 Å². The first-order chi connectivity index (χ1) is 15.6. The van der Waals surface area contributed by atoms with Gasteiger partial charge in [0.15, 0.2) is 0 Å². The van der Waals surface area contributed by atoms with Crippen LogP contribution < -0.4 is 0 Å². The molecule has 32 heavy (non-hydrogen) atoms. The monoisotopic (exact) mass is 428 g/mol. The van der Waals surface area contributed by atoms with Crippen molar-refractivity contribution in [1.29, 1.82) is 0 Å². The molecule has 1 saturated heterocycles. The van der Waals surface area contributed by atoms with Crippen LogP contribution in [0.3, 0.4) is 0 Å². The Morgan fingerprint density at radius 3 is 2.44 bits per heavy atom. The molecule has 0 radical (unpaired) electrons. The summed E-state index contributed by atoms with van der Waals surface area (Å²) in [4.78, 5) is 26.6. The van der Waals surface area contributed by atoms with Crippen LogP contribution in [0.2, 0.25) is 0 Å². The van der Waals surface area contributed by atoms with E-state index in [1.165, 1.54) is 11.1 Å². The number of pyridine rings is 2. The van der Waals surface area contributed by atoms with Crippen molar-refractivity contribution >= 4 is 5.91 Å². The second-order valence-electron chi connectivity index (χ2n) is 8.66. The van der Waals surface area contributed by atoms with Crippen molar-refractivity contribution in [3.63, 3.8) is 0 Å². The third-order valence-electron chi connectivity index (χ3n) is 6.10. The molecule has 1 amide bonds. The van der Waals surface area contributed by atoms with Gasteiger partial charge in [-0.1, -0.05) is 37.3 Å². The average molecular weight is 429 g/mol. The molecule has 166 valence electrons. The van der Waals surface area contributed by atoms with Gasteiger partial charge in [0.25, 0.3) is 0 Å². The highest BCUT2D eigenvalue weighted by atomic mass is 16.2. The van der Waals surface area contributed by atoms with Crippen LogP contribution in [0.15, 0.2) is 67.0 Å². The Bertz CT molecular complexity index is 1020. The molecular weight excluding hydrogens is 396 g/mol. The number of carbonyl (C=O) groups excluding carboxylic acids is 1. The Morgan fingerprint density at radius 2 is 1.72 bits per heavy atom. The molecule has 2 aromatic heterocycles. The molecule has 0 N–H and O–H groups in total. The summed E-state index contributed by atoms with van der Waals surface area (Å²) in [6.07, 6.45) is 5.37. The van der Waals surface area contributed by atoms with E-state index in [0.29, 0.717) is 0 Å². The number of hydrogen-bond acceptors (Lipinski definition) is 4. The van der Waals surface area contributed by atoms with Crippen LogP contribution in [-0.4, -0.2) is 51.9 Å². The quantitative estimate of drug-likeness (QED) is 0.561. The highest BCUT2D eigenvalue weighted by Gasteiger charge is 2.30. The SMILES string of the molecule is CCCN1CCN(Cc2cccc(C)n2)C[C@H](Cc2ccc(-c3ccncc3)cc2)C1=O. The minimum atomic E-state index is -0.0411. The first-order valence-corrected chi connectivity index (χ1v) is 11.6. The lowest BCUT2D eigenvalue weighted by molar-refractivity contribution is -0.134. The van der Waals surface area contributed by atoms with Gasteiger partial charge in [0.05, 0.1) is 11.6 Å². The molecule has 5 heteroatoms. The first-order valence-electron chi connectivity index (χ1n) is 11.6. The molecule has 1 aliphatic rings. The van der Waals surface area contributed by atoms with E-state index < -0.39 is 0 Å². The van der Waals surface area contributed by atoms with Crippen LogP contribution >= 0.6 is 0 Å². The zero-order chi connectivity index (χ0) is 22.3. The lowest BCUT2D eigenvalue weighted by Gasteiger charge is -2.24. The van der Waals surface area contributed by atoms with Crippen LogP contribution in [0.5, 0.6) is 0 Å². The van der Waals surface area contributed by atoms with Gasteiger partial charge in [-0.05, 0) is 60.7 Å². The molecule has 4 rings (SSSR count). The maximum Gasteiger partial charge on any atom is 0.227 e. The molecule has 0 spiro atoms. The Morgan fingerprint density at radius 1 is 0.969 bits per heavy atom. The largest absolute Gasteiger partial charge is 0.341 e. The summed E-state index contributed by atoms with van der Waals surface area (Å²) in [6.45, 7) is 8.21. The maximum absolute atomic E-state index is 13.4. The Balaban J connectivity index is 1.50. The highest BCUT2D eigenvalue weighted by Crippen LogP contribution is 2.22. The van der Waals surface area contributed by atoms with Crippen molar-refractivity contribution in [1.82, 2.24) is 19.8 Å². The van der Waals surface area contributed by atoms with Gasteiger partial charge in [0.2, 0.25) is 5.91 Å². The summed E-state index contributed by atoms with van der Waals surface area (Å²) >= 11 is 0. The zero-order valence-corrected chi connectivity index (χ0v) is 19.1. The van der Waals surface area contributed by atoms with E-state index in [0.717, 1.165) is 62.5 Å². The van der Waals surface area contributed by atoms with Crippen molar-refractivity contribution in [2.45, 2.75) is 33.2 Å². The first kappa shape index (κ1) is 22.2. The number of carbonyl (C=O) groups is 1. The predicted octanol–water partition coefficient (Wildman–Crippen LogP) is 4.37. The Labute approximate surface area is 191 Å². The van der Waals surface area contributed by atoms with E-state index in [9.17, 15) is 4.79 Å². The number of benzene rings is 1. The molecule has 3 heterocycles. The fourth-order valence-corrected chi connectivity index (χ4v) is 4.48. The van der Waals surface area contributed by atoms with Crippen molar-refractivity contribution in [2.75, 3.05) is 26.2 Å². The minimum Gasteiger partial charge on any atom is -0.341 e. The molecule has 1 atom stereocenters. The maximum atomic E-state index is 13.4. The molecule has 3 aromatic rings. The summed E-state index contributed by atoms with van der Waals surface area (Å²) in [5, 5.41) is 0. The fraction of sp³-hybridized carbons (Fsp3) is 0.370. The standard InChI is InChI=1S/C27H32N4O/c1-3-15-31-17-16-30(20-26-6-4-5-21(2)29-26)19-25(27(31)32)18-22-7-9-23(10-8-22)24-11-13-28-14-12-24/h4-14,25H,3,15-20H2,1-2H3/t25-/m0/s1. The number of hydrogen-bond donors (Lipinski definition) is 0. The van der Waals surface area contributed by atoms with E-state index in [-0.39, 0.29) is 11.8 Å². The predicted molar refractivity (Wildman–Crippen MR) is 128 cm³/mol. The molecular formula is C27H32N4O. The second kappa shape index (κ2) is 10.5. The molecule has 0 saturated carbocycles. The number of amides is 1.